The number of nitrogens with zero attached hydrogens (tertiary/aromatic N) is 2. The molecule has 0 fully saturated rings. The third-order valence-electron chi connectivity index (χ3n) is 4.67. The minimum absolute atomic E-state index is 0.230. The van der Waals surface area contributed by atoms with Crippen LogP contribution in [0, 0.1) is 11.3 Å². The molecule has 31 heavy (non-hydrogen) atoms. The first-order chi connectivity index (χ1) is 15.0. The molecule has 1 aromatic heterocycles. The Labute approximate surface area is 184 Å². The maximum absolute atomic E-state index is 11.7. The maximum atomic E-state index is 11.7. The molecule has 7 nitrogen and oxygen atoms in total. The maximum Gasteiger partial charge on any atom is 0.317 e. The summed E-state index contributed by atoms with van der Waals surface area (Å²) in [7, 11) is 0. The summed E-state index contributed by atoms with van der Waals surface area (Å²) in [5, 5.41) is 11.8. The molecule has 3 aromatic rings. The highest BCUT2D eigenvalue weighted by Gasteiger charge is 2.16. The standard InChI is InChI=1S/C23H23N5O2S/c24-11-4-12-28(14-16-5-2-1-3-6-16)15-17-7-9-18(10-8-17)20-13-19(21(25)29)22(31-20)27-23(26)30/h1-3,5-10,13H,4,12,14-15H2,(H2,25,29)(H3,26,27,30). The topological polar surface area (TPSA) is 125 Å². The molecule has 0 spiro atoms. The highest BCUT2D eigenvalue weighted by atomic mass is 32.1. The van der Waals surface area contributed by atoms with E-state index in [9.17, 15) is 9.59 Å². The number of rotatable bonds is 9. The number of urea groups is 1. The van der Waals surface area contributed by atoms with E-state index in [1.807, 2.05) is 42.5 Å². The van der Waals surface area contributed by atoms with Gasteiger partial charge in [0.25, 0.3) is 5.91 Å². The van der Waals surface area contributed by atoms with Crippen molar-refractivity contribution in [3.8, 4) is 16.5 Å². The summed E-state index contributed by atoms with van der Waals surface area (Å²) >= 11 is 1.24. The molecule has 3 amide bonds. The Morgan fingerprint density at radius 3 is 2.23 bits per heavy atom. The molecular weight excluding hydrogens is 410 g/mol. The van der Waals surface area contributed by atoms with Crippen LogP contribution in [0.1, 0.15) is 27.9 Å². The molecule has 158 valence electrons. The van der Waals surface area contributed by atoms with Gasteiger partial charge in [-0.15, -0.1) is 11.3 Å². The molecule has 0 aliphatic rings. The molecule has 0 bridgehead atoms. The molecule has 0 atom stereocenters. The van der Waals surface area contributed by atoms with E-state index in [4.69, 9.17) is 16.7 Å². The lowest BCUT2D eigenvalue weighted by Crippen LogP contribution is -2.23. The predicted octanol–water partition coefficient (Wildman–Crippen LogP) is 3.92. The fourth-order valence-corrected chi connectivity index (χ4v) is 4.29. The second-order valence-corrected chi connectivity index (χ2v) is 8.06. The van der Waals surface area contributed by atoms with Crippen LogP contribution >= 0.6 is 11.3 Å². The molecule has 0 unspecified atom stereocenters. The van der Waals surface area contributed by atoms with Crippen LogP contribution in [0.3, 0.4) is 0 Å². The smallest absolute Gasteiger partial charge is 0.317 e. The molecule has 0 radical (unpaired) electrons. The highest BCUT2D eigenvalue weighted by molar-refractivity contribution is 7.20. The van der Waals surface area contributed by atoms with Gasteiger partial charge in [0.1, 0.15) is 5.00 Å². The van der Waals surface area contributed by atoms with Crippen molar-refractivity contribution in [3.63, 3.8) is 0 Å². The van der Waals surface area contributed by atoms with Gasteiger partial charge in [0.05, 0.1) is 11.6 Å². The summed E-state index contributed by atoms with van der Waals surface area (Å²) in [5.41, 5.74) is 14.0. The average molecular weight is 434 g/mol. The van der Waals surface area contributed by atoms with Crippen molar-refractivity contribution in [1.29, 1.82) is 5.26 Å². The van der Waals surface area contributed by atoms with E-state index in [2.05, 4.69) is 28.4 Å². The first-order valence-corrected chi connectivity index (χ1v) is 10.5. The van der Waals surface area contributed by atoms with Crippen molar-refractivity contribution >= 4 is 28.3 Å². The number of carbonyl (C=O) groups excluding carboxylic acids is 2. The second-order valence-electron chi connectivity index (χ2n) is 7.01. The average Bonchev–Trinajstić information content (AvgIpc) is 3.16. The van der Waals surface area contributed by atoms with Gasteiger partial charge >= 0.3 is 6.03 Å². The van der Waals surface area contributed by atoms with Gasteiger partial charge in [0.15, 0.2) is 0 Å². The van der Waals surface area contributed by atoms with Gasteiger partial charge in [0, 0.05) is 30.9 Å². The van der Waals surface area contributed by atoms with E-state index >= 15 is 0 Å². The molecule has 0 aliphatic heterocycles. The highest BCUT2D eigenvalue weighted by Crippen LogP contribution is 2.35. The third kappa shape index (κ3) is 6.15. The number of thiophene rings is 1. The summed E-state index contributed by atoms with van der Waals surface area (Å²) in [5.74, 6) is -0.628. The van der Waals surface area contributed by atoms with E-state index < -0.39 is 11.9 Å². The molecule has 3 rings (SSSR count). The third-order valence-corrected chi connectivity index (χ3v) is 5.77. The van der Waals surface area contributed by atoms with Crippen molar-refractivity contribution in [2.45, 2.75) is 19.5 Å². The number of amides is 3. The lowest BCUT2D eigenvalue weighted by molar-refractivity contribution is 0.100. The zero-order valence-electron chi connectivity index (χ0n) is 16.9. The van der Waals surface area contributed by atoms with Crippen LogP contribution < -0.4 is 16.8 Å². The van der Waals surface area contributed by atoms with Gasteiger partial charge in [-0.25, -0.2) is 4.79 Å². The molecule has 8 heteroatoms. The second kappa shape index (κ2) is 10.4. The van der Waals surface area contributed by atoms with Gasteiger partial charge in [-0.1, -0.05) is 54.6 Å². The minimum Gasteiger partial charge on any atom is -0.366 e. The van der Waals surface area contributed by atoms with Crippen LogP contribution in [0.5, 0.6) is 0 Å². The summed E-state index contributed by atoms with van der Waals surface area (Å²) in [6, 6.07) is 21.2. The number of carbonyl (C=O) groups is 2. The fourth-order valence-electron chi connectivity index (χ4n) is 3.22. The van der Waals surface area contributed by atoms with Crippen LogP contribution in [-0.2, 0) is 13.1 Å². The number of anilines is 1. The largest absolute Gasteiger partial charge is 0.366 e. The number of hydrogen-bond acceptors (Lipinski definition) is 5. The summed E-state index contributed by atoms with van der Waals surface area (Å²) in [6.07, 6.45) is 0.464. The van der Waals surface area contributed by atoms with Gasteiger partial charge in [0.2, 0.25) is 0 Å². The Kier molecular flexibility index (Phi) is 7.38. The molecular formula is C23H23N5O2S. The number of primary amides is 2. The summed E-state index contributed by atoms with van der Waals surface area (Å²) in [4.78, 5) is 25.9. The van der Waals surface area contributed by atoms with Crippen molar-refractivity contribution in [3.05, 3.63) is 77.4 Å². The molecule has 1 heterocycles. The lowest BCUT2D eigenvalue weighted by Gasteiger charge is -2.21. The van der Waals surface area contributed by atoms with E-state index in [0.717, 1.165) is 22.5 Å². The van der Waals surface area contributed by atoms with Gasteiger partial charge in [-0.2, -0.15) is 5.26 Å². The number of hydrogen-bond donors (Lipinski definition) is 3. The first kappa shape index (κ1) is 22.0. The van der Waals surface area contributed by atoms with Crippen molar-refractivity contribution in [1.82, 2.24) is 4.90 Å². The number of nitrogens with one attached hydrogen (secondary N) is 1. The zero-order valence-corrected chi connectivity index (χ0v) is 17.7. The van der Waals surface area contributed by atoms with E-state index in [0.29, 0.717) is 24.5 Å². The molecule has 0 saturated heterocycles. The van der Waals surface area contributed by atoms with Crippen molar-refractivity contribution in [2.24, 2.45) is 11.5 Å². The number of nitrogens with two attached hydrogens (primary N) is 2. The van der Waals surface area contributed by atoms with Crippen LogP contribution in [0.4, 0.5) is 9.80 Å². The van der Waals surface area contributed by atoms with E-state index in [1.165, 1.54) is 16.9 Å². The minimum atomic E-state index is -0.748. The fraction of sp³-hybridized carbons (Fsp3) is 0.174. The normalized spacial score (nSPS) is 10.6. The first-order valence-electron chi connectivity index (χ1n) is 9.69. The van der Waals surface area contributed by atoms with E-state index in [-0.39, 0.29) is 5.56 Å². The van der Waals surface area contributed by atoms with Crippen LogP contribution in [0.15, 0.2) is 60.7 Å². The lowest BCUT2D eigenvalue weighted by atomic mass is 10.1. The van der Waals surface area contributed by atoms with Gasteiger partial charge in [-0.3, -0.25) is 15.0 Å². The molecule has 0 aliphatic carbocycles. The molecule has 2 aromatic carbocycles. The summed E-state index contributed by atoms with van der Waals surface area (Å²) < 4.78 is 0. The van der Waals surface area contributed by atoms with Crippen LogP contribution in [0.2, 0.25) is 0 Å². The van der Waals surface area contributed by atoms with Gasteiger partial charge in [-0.05, 0) is 22.8 Å². The monoisotopic (exact) mass is 433 g/mol. The zero-order chi connectivity index (χ0) is 22.2. The molecule has 0 saturated carbocycles. The van der Waals surface area contributed by atoms with Crippen LogP contribution in [-0.4, -0.2) is 23.4 Å². The Balaban J connectivity index is 1.76. The Morgan fingerprint density at radius 2 is 1.65 bits per heavy atom. The van der Waals surface area contributed by atoms with Crippen molar-refractivity contribution < 1.29 is 9.59 Å². The van der Waals surface area contributed by atoms with Gasteiger partial charge < -0.3 is 11.5 Å². The van der Waals surface area contributed by atoms with Crippen molar-refractivity contribution in [2.75, 3.05) is 11.9 Å². The Morgan fingerprint density at radius 1 is 1.00 bits per heavy atom. The predicted molar refractivity (Wildman–Crippen MR) is 122 cm³/mol. The summed E-state index contributed by atoms with van der Waals surface area (Å²) in [6.45, 7) is 2.16. The Hall–Kier alpha value is -3.67. The Bertz CT molecular complexity index is 1090. The molecule has 5 N–H and O–H groups in total. The quantitative estimate of drug-likeness (QED) is 0.473. The number of nitriles is 1. The van der Waals surface area contributed by atoms with Crippen LogP contribution in [0.25, 0.3) is 10.4 Å². The number of benzene rings is 2. The van der Waals surface area contributed by atoms with E-state index in [1.54, 1.807) is 6.07 Å². The SMILES string of the molecule is N#CCCN(Cc1ccccc1)Cc1ccc(-c2cc(C(N)=O)c(NC(N)=O)s2)cc1.